The van der Waals surface area contributed by atoms with Gasteiger partial charge in [0.05, 0.1) is 18.5 Å². The molecule has 0 aliphatic rings. The predicted molar refractivity (Wildman–Crippen MR) is 118 cm³/mol. The maximum absolute atomic E-state index is 13.3. The van der Waals surface area contributed by atoms with Crippen LogP contribution in [0.25, 0.3) is 0 Å². The second-order valence-corrected chi connectivity index (χ2v) is 9.18. The van der Waals surface area contributed by atoms with Crippen LogP contribution in [0.4, 0.5) is 15.8 Å². The van der Waals surface area contributed by atoms with Crippen molar-refractivity contribution in [3.63, 3.8) is 0 Å². The molecule has 0 saturated heterocycles. The van der Waals surface area contributed by atoms with Gasteiger partial charge in [-0.25, -0.2) is 12.8 Å². The Bertz CT molecular complexity index is 1160. The molecule has 1 N–H and O–H groups in total. The maximum Gasteiger partial charge on any atom is 0.255 e. The van der Waals surface area contributed by atoms with Crippen molar-refractivity contribution >= 4 is 27.3 Å². The predicted octanol–water partition coefficient (Wildman–Crippen LogP) is 4.66. The number of nitrogens with zero attached hydrogens (tertiary/aromatic N) is 1. The van der Waals surface area contributed by atoms with Crippen LogP contribution in [0.3, 0.4) is 0 Å². The molecule has 0 spiro atoms. The number of hydrogen-bond acceptors (Lipinski definition) is 3. The van der Waals surface area contributed by atoms with E-state index < -0.39 is 15.8 Å². The summed E-state index contributed by atoms with van der Waals surface area (Å²) in [5.74, 6) is -0.808. The van der Waals surface area contributed by atoms with Crippen molar-refractivity contribution in [1.82, 2.24) is 0 Å². The normalized spacial score (nSPS) is 11.2. The molecule has 30 heavy (non-hydrogen) atoms. The molecule has 0 unspecified atom stereocenters. The van der Waals surface area contributed by atoms with Gasteiger partial charge >= 0.3 is 0 Å². The highest BCUT2D eigenvalue weighted by Crippen LogP contribution is 2.24. The van der Waals surface area contributed by atoms with E-state index in [-0.39, 0.29) is 12.5 Å². The molecule has 0 radical (unpaired) electrons. The Morgan fingerprint density at radius 3 is 2.17 bits per heavy atom. The standard InChI is InChI=1S/C23H23FN2O3S/c1-16-11-17(2)13-22(12-16)26(30(3,28)29)15-18-7-9-19(10-8-18)23(27)25-21-6-4-5-20(24)14-21/h4-14H,15H2,1-3H3,(H,25,27). The Kier molecular flexibility index (Phi) is 6.22. The average molecular weight is 427 g/mol. The summed E-state index contributed by atoms with van der Waals surface area (Å²) >= 11 is 0. The van der Waals surface area contributed by atoms with Crippen molar-refractivity contribution in [1.29, 1.82) is 0 Å². The number of carbonyl (C=O) groups excluding carboxylic acids is 1. The van der Waals surface area contributed by atoms with E-state index in [4.69, 9.17) is 0 Å². The molecule has 156 valence electrons. The van der Waals surface area contributed by atoms with E-state index in [0.29, 0.717) is 16.9 Å². The second kappa shape index (κ2) is 8.67. The highest BCUT2D eigenvalue weighted by atomic mass is 32.2. The first kappa shape index (κ1) is 21.5. The van der Waals surface area contributed by atoms with E-state index >= 15 is 0 Å². The SMILES string of the molecule is Cc1cc(C)cc(N(Cc2ccc(C(=O)Nc3cccc(F)c3)cc2)S(C)(=O)=O)c1. The third kappa shape index (κ3) is 5.45. The van der Waals surface area contributed by atoms with Crippen molar-refractivity contribution in [2.45, 2.75) is 20.4 Å². The Labute approximate surface area is 176 Å². The van der Waals surface area contributed by atoms with E-state index in [9.17, 15) is 17.6 Å². The number of amides is 1. The Hall–Kier alpha value is -3.19. The van der Waals surface area contributed by atoms with Gasteiger partial charge in [-0.05, 0) is 73.0 Å². The molecule has 0 aliphatic heterocycles. The topological polar surface area (TPSA) is 66.5 Å². The fourth-order valence-corrected chi connectivity index (χ4v) is 4.06. The molecule has 0 fully saturated rings. The Morgan fingerprint density at radius 2 is 1.60 bits per heavy atom. The molecule has 7 heteroatoms. The first-order valence-electron chi connectivity index (χ1n) is 9.34. The number of carbonyl (C=O) groups is 1. The lowest BCUT2D eigenvalue weighted by molar-refractivity contribution is 0.102. The summed E-state index contributed by atoms with van der Waals surface area (Å²) in [6.07, 6.45) is 1.17. The first-order chi connectivity index (χ1) is 14.1. The highest BCUT2D eigenvalue weighted by molar-refractivity contribution is 7.92. The van der Waals surface area contributed by atoms with Gasteiger partial charge in [0.1, 0.15) is 5.82 Å². The largest absolute Gasteiger partial charge is 0.322 e. The van der Waals surface area contributed by atoms with Gasteiger partial charge in [0, 0.05) is 11.3 Å². The molecular formula is C23H23FN2O3S. The van der Waals surface area contributed by atoms with Crippen LogP contribution in [0, 0.1) is 19.7 Å². The van der Waals surface area contributed by atoms with Crippen LogP contribution in [0.15, 0.2) is 66.7 Å². The number of aryl methyl sites for hydroxylation is 2. The molecular weight excluding hydrogens is 403 g/mol. The first-order valence-corrected chi connectivity index (χ1v) is 11.2. The minimum atomic E-state index is -3.50. The smallest absolute Gasteiger partial charge is 0.255 e. The lowest BCUT2D eigenvalue weighted by Gasteiger charge is -2.23. The van der Waals surface area contributed by atoms with Gasteiger partial charge in [-0.2, -0.15) is 0 Å². The number of sulfonamides is 1. The minimum Gasteiger partial charge on any atom is -0.322 e. The molecule has 3 rings (SSSR count). The lowest BCUT2D eigenvalue weighted by Crippen LogP contribution is -2.29. The fraction of sp³-hybridized carbons (Fsp3) is 0.174. The van der Waals surface area contributed by atoms with E-state index in [2.05, 4.69) is 5.32 Å². The van der Waals surface area contributed by atoms with Crippen LogP contribution in [-0.2, 0) is 16.6 Å². The second-order valence-electron chi connectivity index (χ2n) is 7.28. The van der Waals surface area contributed by atoms with Gasteiger partial charge in [0.15, 0.2) is 0 Å². The average Bonchev–Trinajstić information content (AvgIpc) is 2.65. The van der Waals surface area contributed by atoms with Gasteiger partial charge in [0.25, 0.3) is 5.91 Å². The molecule has 0 saturated carbocycles. The zero-order valence-corrected chi connectivity index (χ0v) is 17.8. The Morgan fingerprint density at radius 1 is 0.967 bits per heavy atom. The van der Waals surface area contributed by atoms with Crippen LogP contribution < -0.4 is 9.62 Å². The summed E-state index contributed by atoms with van der Waals surface area (Å²) in [4.78, 5) is 12.4. The van der Waals surface area contributed by atoms with Gasteiger partial charge in [-0.15, -0.1) is 0 Å². The summed E-state index contributed by atoms with van der Waals surface area (Å²) in [6, 6.07) is 17.9. The van der Waals surface area contributed by atoms with Crippen LogP contribution in [0.1, 0.15) is 27.0 Å². The number of benzene rings is 3. The molecule has 1 amide bonds. The lowest BCUT2D eigenvalue weighted by atomic mass is 10.1. The molecule has 3 aromatic rings. The Balaban J connectivity index is 1.79. The third-order valence-corrected chi connectivity index (χ3v) is 5.66. The van der Waals surface area contributed by atoms with Crippen molar-refractivity contribution in [3.05, 3.63) is 94.8 Å². The van der Waals surface area contributed by atoms with Crippen molar-refractivity contribution in [2.75, 3.05) is 15.9 Å². The minimum absolute atomic E-state index is 0.146. The zero-order valence-electron chi connectivity index (χ0n) is 17.0. The monoisotopic (exact) mass is 426 g/mol. The van der Waals surface area contributed by atoms with Gasteiger partial charge in [-0.1, -0.05) is 24.3 Å². The highest BCUT2D eigenvalue weighted by Gasteiger charge is 2.19. The van der Waals surface area contributed by atoms with Gasteiger partial charge in [0.2, 0.25) is 10.0 Å². The van der Waals surface area contributed by atoms with Crippen molar-refractivity contribution in [2.24, 2.45) is 0 Å². The summed E-state index contributed by atoms with van der Waals surface area (Å²) in [5.41, 5.74) is 4.04. The molecule has 0 bridgehead atoms. The summed E-state index contributed by atoms with van der Waals surface area (Å²) in [6.45, 7) is 3.99. The van der Waals surface area contributed by atoms with Crippen LogP contribution >= 0.6 is 0 Å². The number of halogens is 1. The fourth-order valence-electron chi connectivity index (χ4n) is 3.19. The van der Waals surface area contributed by atoms with E-state index in [1.807, 2.05) is 32.0 Å². The summed E-state index contributed by atoms with van der Waals surface area (Å²) < 4.78 is 39.4. The molecule has 5 nitrogen and oxygen atoms in total. The quantitative estimate of drug-likeness (QED) is 0.623. The van der Waals surface area contributed by atoms with E-state index in [1.54, 1.807) is 30.3 Å². The van der Waals surface area contributed by atoms with Crippen LogP contribution in [0.2, 0.25) is 0 Å². The summed E-state index contributed by atoms with van der Waals surface area (Å²) in [5, 5.41) is 2.64. The number of hydrogen-bond donors (Lipinski definition) is 1. The third-order valence-electron chi connectivity index (χ3n) is 4.52. The number of anilines is 2. The van der Waals surface area contributed by atoms with Gasteiger partial charge in [-0.3, -0.25) is 9.10 Å². The van der Waals surface area contributed by atoms with Crippen LogP contribution in [-0.4, -0.2) is 20.6 Å². The molecule has 0 atom stereocenters. The molecule has 0 aromatic heterocycles. The van der Waals surface area contributed by atoms with E-state index in [0.717, 1.165) is 16.7 Å². The zero-order chi connectivity index (χ0) is 21.9. The molecule has 0 aliphatic carbocycles. The molecule has 0 heterocycles. The summed E-state index contributed by atoms with van der Waals surface area (Å²) in [7, 11) is -3.50. The number of nitrogens with one attached hydrogen (secondary N) is 1. The van der Waals surface area contributed by atoms with Crippen molar-refractivity contribution in [3.8, 4) is 0 Å². The van der Waals surface area contributed by atoms with E-state index in [1.165, 1.54) is 28.8 Å². The maximum atomic E-state index is 13.3. The van der Waals surface area contributed by atoms with Gasteiger partial charge < -0.3 is 5.32 Å². The van der Waals surface area contributed by atoms with Crippen molar-refractivity contribution < 1.29 is 17.6 Å². The van der Waals surface area contributed by atoms with Crippen LogP contribution in [0.5, 0.6) is 0 Å². The number of rotatable bonds is 6. The molecule has 3 aromatic carbocycles.